The molecule has 0 aliphatic rings. The first-order valence-corrected chi connectivity index (χ1v) is 7.54. The van der Waals surface area contributed by atoms with Gasteiger partial charge in [-0.1, -0.05) is 19.1 Å². The predicted octanol–water partition coefficient (Wildman–Crippen LogP) is 1.47. The van der Waals surface area contributed by atoms with Crippen molar-refractivity contribution in [2.24, 2.45) is 0 Å². The van der Waals surface area contributed by atoms with Gasteiger partial charge in [-0.05, 0) is 24.1 Å². The van der Waals surface area contributed by atoms with Crippen molar-refractivity contribution in [2.75, 3.05) is 6.26 Å². The molecule has 0 aliphatic heterocycles. The molecule has 0 spiro atoms. The van der Waals surface area contributed by atoms with Crippen LogP contribution in [0.25, 0.3) is 0 Å². The summed E-state index contributed by atoms with van der Waals surface area (Å²) in [5.41, 5.74) is 0.579. The topological polar surface area (TPSA) is 80.7 Å². The highest BCUT2D eigenvalue weighted by Gasteiger charge is 2.17. The van der Waals surface area contributed by atoms with Gasteiger partial charge in [0, 0.05) is 6.26 Å². The summed E-state index contributed by atoms with van der Waals surface area (Å²) in [5, 5.41) is 8.87. The molecule has 1 aromatic rings. The number of carboxylic acid groups (broad SMARTS) is 1. The average Bonchev–Trinajstić information content (AvgIpc) is 2.23. The zero-order valence-electron chi connectivity index (χ0n) is 10.3. The van der Waals surface area contributed by atoms with Crippen LogP contribution in [0.1, 0.15) is 18.9 Å². The summed E-state index contributed by atoms with van der Waals surface area (Å²) in [4.78, 5) is 10.8. The van der Waals surface area contributed by atoms with Crippen molar-refractivity contribution in [3.8, 4) is 5.75 Å². The van der Waals surface area contributed by atoms with E-state index in [-0.39, 0.29) is 5.75 Å². The maximum Gasteiger partial charge on any atom is 0.344 e. The Bertz CT molecular complexity index is 521. The predicted molar refractivity (Wildman–Crippen MR) is 67.3 cm³/mol. The van der Waals surface area contributed by atoms with E-state index in [1.807, 2.05) is 0 Å². The van der Waals surface area contributed by atoms with Gasteiger partial charge in [0.25, 0.3) is 0 Å². The highest BCUT2D eigenvalue weighted by atomic mass is 32.2. The molecule has 1 aromatic carbocycles. The molecule has 100 valence electrons. The summed E-state index contributed by atoms with van der Waals surface area (Å²) >= 11 is 0. The summed E-state index contributed by atoms with van der Waals surface area (Å²) < 4.78 is 27.6. The van der Waals surface area contributed by atoms with Crippen LogP contribution in [0.4, 0.5) is 0 Å². The molecule has 0 fully saturated rings. The minimum Gasteiger partial charge on any atom is -0.479 e. The second-order valence-electron chi connectivity index (χ2n) is 4.07. The Kier molecular flexibility index (Phi) is 4.72. The maximum absolute atomic E-state index is 11.2. The molecule has 6 heteroatoms. The lowest BCUT2D eigenvalue weighted by Crippen LogP contribution is -2.25. The number of sulfone groups is 1. The molecule has 0 amide bonds. The standard InChI is InChI=1S/C12H16O5S/c1-3-11(12(13)14)17-10-6-4-5-9(7-10)8-18(2,15)16/h4-7,11H,3,8H2,1-2H3,(H,13,14)/t11-/m0/s1. The average molecular weight is 272 g/mol. The molecule has 0 aromatic heterocycles. The van der Waals surface area contributed by atoms with Gasteiger partial charge >= 0.3 is 5.97 Å². The van der Waals surface area contributed by atoms with Gasteiger partial charge in [0.2, 0.25) is 0 Å². The monoisotopic (exact) mass is 272 g/mol. The normalized spacial score (nSPS) is 13.0. The molecular weight excluding hydrogens is 256 g/mol. The van der Waals surface area contributed by atoms with Crippen LogP contribution in [0.5, 0.6) is 5.75 Å². The van der Waals surface area contributed by atoms with E-state index in [4.69, 9.17) is 9.84 Å². The summed E-state index contributed by atoms with van der Waals surface area (Å²) in [6, 6.07) is 6.46. The SMILES string of the molecule is CC[C@H](Oc1cccc(CS(C)(=O)=O)c1)C(=O)O. The van der Waals surface area contributed by atoms with Crippen LogP contribution in [-0.2, 0) is 20.4 Å². The Morgan fingerprint density at radius 2 is 2.11 bits per heavy atom. The molecular formula is C12H16O5S. The van der Waals surface area contributed by atoms with E-state index in [0.29, 0.717) is 17.7 Å². The minimum absolute atomic E-state index is 0.0892. The van der Waals surface area contributed by atoms with Gasteiger partial charge in [-0.2, -0.15) is 0 Å². The fourth-order valence-electron chi connectivity index (χ4n) is 1.48. The van der Waals surface area contributed by atoms with E-state index in [2.05, 4.69) is 0 Å². The van der Waals surface area contributed by atoms with Crippen LogP contribution < -0.4 is 4.74 Å². The van der Waals surface area contributed by atoms with Crippen molar-refractivity contribution in [3.63, 3.8) is 0 Å². The van der Waals surface area contributed by atoms with E-state index in [1.54, 1.807) is 31.2 Å². The molecule has 0 radical (unpaired) electrons. The van der Waals surface area contributed by atoms with Crippen LogP contribution in [-0.4, -0.2) is 31.9 Å². The zero-order chi connectivity index (χ0) is 13.8. The third-order valence-corrected chi connectivity index (χ3v) is 3.11. The van der Waals surface area contributed by atoms with Crippen molar-refractivity contribution < 1.29 is 23.1 Å². The summed E-state index contributed by atoms with van der Waals surface area (Å²) in [7, 11) is -3.12. The Balaban J connectivity index is 2.85. The maximum atomic E-state index is 11.2. The van der Waals surface area contributed by atoms with Crippen molar-refractivity contribution in [1.29, 1.82) is 0 Å². The van der Waals surface area contributed by atoms with E-state index < -0.39 is 21.9 Å². The third kappa shape index (κ3) is 4.75. The number of aliphatic carboxylic acids is 1. The minimum atomic E-state index is -3.12. The molecule has 1 rings (SSSR count). The molecule has 0 saturated heterocycles. The van der Waals surface area contributed by atoms with Crippen molar-refractivity contribution in [1.82, 2.24) is 0 Å². The van der Waals surface area contributed by atoms with Crippen molar-refractivity contribution in [3.05, 3.63) is 29.8 Å². The summed E-state index contributed by atoms with van der Waals surface area (Å²) in [6.45, 7) is 1.71. The first-order chi connectivity index (χ1) is 8.31. The quantitative estimate of drug-likeness (QED) is 0.848. The van der Waals surface area contributed by atoms with Gasteiger partial charge in [0.05, 0.1) is 5.75 Å². The number of rotatable bonds is 6. The largest absolute Gasteiger partial charge is 0.479 e. The number of hydrogen-bond acceptors (Lipinski definition) is 4. The summed E-state index contributed by atoms with van der Waals surface area (Å²) in [5.74, 6) is -0.759. The number of carboxylic acids is 1. The third-order valence-electron chi connectivity index (χ3n) is 2.25. The number of benzene rings is 1. The van der Waals surface area contributed by atoms with Gasteiger partial charge in [-0.3, -0.25) is 0 Å². The smallest absolute Gasteiger partial charge is 0.344 e. The van der Waals surface area contributed by atoms with E-state index >= 15 is 0 Å². The lowest BCUT2D eigenvalue weighted by molar-refractivity contribution is -0.145. The Morgan fingerprint density at radius 3 is 2.61 bits per heavy atom. The van der Waals surface area contributed by atoms with Gasteiger partial charge in [-0.15, -0.1) is 0 Å². The van der Waals surface area contributed by atoms with Crippen LogP contribution in [0.3, 0.4) is 0 Å². The zero-order valence-corrected chi connectivity index (χ0v) is 11.1. The first-order valence-electron chi connectivity index (χ1n) is 5.48. The lowest BCUT2D eigenvalue weighted by atomic mass is 10.2. The molecule has 1 atom stereocenters. The van der Waals surface area contributed by atoms with Crippen LogP contribution in [0, 0.1) is 0 Å². The Morgan fingerprint density at radius 1 is 1.44 bits per heavy atom. The van der Waals surface area contributed by atoms with Gasteiger partial charge in [0.15, 0.2) is 15.9 Å². The van der Waals surface area contributed by atoms with Crippen LogP contribution >= 0.6 is 0 Å². The van der Waals surface area contributed by atoms with E-state index in [0.717, 1.165) is 6.26 Å². The fourth-order valence-corrected chi connectivity index (χ4v) is 2.27. The number of carbonyl (C=O) groups is 1. The number of ether oxygens (including phenoxy) is 1. The van der Waals surface area contributed by atoms with Crippen molar-refractivity contribution in [2.45, 2.75) is 25.2 Å². The van der Waals surface area contributed by atoms with E-state index in [9.17, 15) is 13.2 Å². The van der Waals surface area contributed by atoms with Gasteiger partial charge in [-0.25, -0.2) is 13.2 Å². The van der Waals surface area contributed by atoms with Gasteiger partial charge in [0.1, 0.15) is 5.75 Å². The molecule has 0 heterocycles. The van der Waals surface area contributed by atoms with Gasteiger partial charge < -0.3 is 9.84 Å². The first kappa shape index (κ1) is 14.5. The molecule has 0 unspecified atom stereocenters. The second-order valence-corrected chi connectivity index (χ2v) is 6.21. The molecule has 1 N–H and O–H groups in total. The Labute approximate surface area is 106 Å². The molecule has 0 bridgehead atoms. The Hall–Kier alpha value is -1.56. The van der Waals surface area contributed by atoms with Crippen LogP contribution in [0.2, 0.25) is 0 Å². The lowest BCUT2D eigenvalue weighted by Gasteiger charge is -2.13. The number of hydrogen-bond donors (Lipinski definition) is 1. The second kappa shape index (κ2) is 5.86. The molecule has 0 saturated carbocycles. The highest BCUT2D eigenvalue weighted by molar-refractivity contribution is 7.89. The van der Waals surface area contributed by atoms with E-state index in [1.165, 1.54) is 0 Å². The highest BCUT2D eigenvalue weighted by Crippen LogP contribution is 2.17. The van der Waals surface area contributed by atoms with Crippen LogP contribution in [0.15, 0.2) is 24.3 Å². The molecule has 0 aliphatic carbocycles. The summed E-state index contributed by atoms with van der Waals surface area (Å²) in [6.07, 6.45) is 0.566. The van der Waals surface area contributed by atoms with Crippen molar-refractivity contribution >= 4 is 15.8 Å². The fraction of sp³-hybridized carbons (Fsp3) is 0.417. The molecule has 5 nitrogen and oxygen atoms in total. The molecule has 18 heavy (non-hydrogen) atoms.